The number of anilines is 1. The number of aromatic nitrogens is 3. The molecule has 1 aromatic carbocycles. The maximum atomic E-state index is 12.4. The largest absolute Gasteiger partial charge is 0.325 e. The summed E-state index contributed by atoms with van der Waals surface area (Å²) in [6.45, 7) is 6.64. The van der Waals surface area contributed by atoms with Crippen molar-refractivity contribution in [2.75, 3.05) is 11.1 Å². The van der Waals surface area contributed by atoms with Gasteiger partial charge in [-0.05, 0) is 24.0 Å². The van der Waals surface area contributed by atoms with Crippen molar-refractivity contribution in [3.05, 3.63) is 48.3 Å². The first-order valence-electron chi connectivity index (χ1n) is 10.2. The Morgan fingerprint density at radius 3 is 2.82 bits per heavy atom. The molecule has 0 saturated heterocycles. The Labute approximate surface area is 172 Å². The van der Waals surface area contributed by atoms with Gasteiger partial charge in [0, 0.05) is 18.7 Å². The number of carbonyl (C=O) groups excluding carboxylic acids is 1. The summed E-state index contributed by atoms with van der Waals surface area (Å²) < 4.78 is 2.11. The first-order chi connectivity index (χ1) is 13.7. The van der Waals surface area contributed by atoms with Crippen LogP contribution in [0, 0.1) is 5.92 Å². The predicted molar refractivity (Wildman–Crippen MR) is 116 cm³/mol. The Bertz CT molecular complexity index is 796. The highest BCUT2D eigenvalue weighted by Crippen LogP contribution is 2.28. The molecule has 1 N–H and O–H groups in total. The van der Waals surface area contributed by atoms with Crippen LogP contribution >= 0.6 is 11.8 Å². The number of thioether (sulfide) groups is 1. The number of allylic oxidation sites excluding steroid dienone is 1. The van der Waals surface area contributed by atoms with E-state index in [4.69, 9.17) is 0 Å². The summed E-state index contributed by atoms with van der Waals surface area (Å²) >= 11 is 1.44. The van der Waals surface area contributed by atoms with E-state index in [9.17, 15) is 4.79 Å². The number of nitrogens with zero attached hydrogens (tertiary/aromatic N) is 3. The van der Waals surface area contributed by atoms with Crippen molar-refractivity contribution in [3.8, 4) is 0 Å². The monoisotopic (exact) mass is 398 g/mol. The Kier molecular flexibility index (Phi) is 7.71. The van der Waals surface area contributed by atoms with Gasteiger partial charge in [0.2, 0.25) is 5.91 Å². The number of aryl methyl sites for hydroxylation is 1. The van der Waals surface area contributed by atoms with Gasteiger partial charge in [-0.1, -0.05) is 75.1 Å². The smallest absolute Gasteiger partial charge is 0.234 e. The lowest BCUT2D eigenvalue weighted by atomic mass is 9.87. The molecule has 3 rings (SSSR count). The van der Waals surface area contributed by atoms with E-state index in [-0.39, 0.29) is 5.91 Å². The lowest BCUT2D eigenvalue weighted by Gasteiger charge is -2.21. The van der Waals surface area contributed by atoms with Crippen LogP contribution in [0.2, 0.25) is 0 Å². The SMILES string of the molecule is C=CCn1c(CC2CCCCC2)nnc1SCC(=O)Nc1ccccc1CC. The van der Waals surface area contributed by atoms with Crippen molar-refractivity contribution < 1.29 is 4.79 Å². The van der Waals surface area contributed by atoms with Gasteiger partial charge < -0.3 is 9.88 Å². The van der Waals surface area contributed by atoms with Crippen LogP contribution in [-0.2, 0) is 24.2 Å². The molecule has 5 nitrogen and oxygen atoms in total. The van der Waals surface area contributed by atoms with Crippen LogP contribution in [-0.4, -0.2) is 26.4 Å². The van der Waals surface area contributed by atoms with Crippen molar-refractivity contribution in [2.45, 2.75) is 63.6 Å². The summed E-state index contributed by atoms with van der Waals surface area (Å²) in [5.74, 6) is 2.02. The number of para-hydroxylation sites is 1. The normalized spacial score (nSPS) is 14.8. The standard InChI is InChI=1S/C22H30N4OS/c1-3-14-26-20(15-17-10-6-5-7-11-17)24-25-22(26)28-16-21(27)23-19-13-9-8-12-18(19)4-2/h3,8-9,12-13,17H,1,4-7,10-11,14-16H2,2H3,(H,23,27). The summed E-state index contributed by atoms with van der Waals surface area (Å²) in [6, 6.07) is 7.93. The number of hydrogen-bond donors (Lipinski definition) is 1. The Hall–Kier alpha value is -2.08. The second-order valence-corrected chi connectivity index (χ2v) is 8.30. The fraction of sp³-hybridized carbons (Fsp3) is 0.500. The van der Waals surface area contributed by atoms with Gasteiger partial charge in [-0.2, -0.15) is 0 Å². The molecule has 0 aliphatic heterocycles. The summed E-state index contributed by atoms with van der Waals surface area (Å²) in [4.78, 5) is 12.4. The van der Waals surface area contributed by atoms with Gasteiger partial charge in [-0.25, -0.2) is 0 Å². The predicted octanol–water partition coefficient (Wildman–Crippen LogP) is 4.88. The zero-order valence-electron chi connectivity index (χ0n) is 16.7. The van der Waals surface area contributed by atoms with Crippen LogP contribution in [0.25, 0.3) is 0 Å². The first-order valence-corrected chi connectivity index (χ1v) is 11.2. The fourth-order valence-corrected chi connectivity index (χ4v) is 4.57. The van der Waals surface area contributed by atoms with Crippen LogP contribution < -0.4 is 5.32 Å². The molecule has 0 spiro atoms. The topological polar surface area (TPSA) is 59.8 Å². The van der Waals surface area contributed by atoms with Crippen molar-refractivity contribution in [3.63, 3.8) is 0 Å². The minimum absolute atomic E-state index is 0.0205. The Morgan fingerprint density at radius 1 is 1.29 bits per heavy atom. The summed E-state index contributed by atoms with van der Waals surface area (Å²) in [7, 11) is 0. The lowest BCUT2D eigenvalue weighted by molar-refractivity contribution is -0.113. The van der Waals surface area contributed by atoms with Gasteiger partial charge >= 0.3 is 0 Å². The second-order valence-electron chi connectivity index (χ2n) is 7.35. The molecule has 1 aliphatic rings. The Morgan fingerprint density at radius 2 is 2.07 bits per heavy atom. The van der Waals surface area contributed by atoms with Gasteiger partial charge in [-0.15, -0.1) is 16.8 Å². The van der Waals surface area contributed by atoms with Crippen LogP contribution in [0.15, 0.2) is 42.1 Å². The average Bonchev–Trinajstić information content (AvgIpc) is 3.09. The molecule has 28 heavy (non-hydrogen) atoms. The van der Waals surface area contributed by atoms with Crippen molar-refractivity contribution in [1.29, 1.82) is 0 Å². The molecule has 1 fully saturated rings. The third-order valence-corrected chi connectivity index (χ3v) is 6.27. The molecular formula is C22H30N4OS. The number of hydrogen-bond acceptors (Lipinski definition) is 4. The van der Waals surface area contributed by atoms with Gasteiger partial charge in [0.05, 0.1) is 5.75 Å². The molecule has 150 valence electrons. The van der Waals surface area contributed by atoms with Crippen LogP contribution in [0.4, 0.5) is 5.69 Å². The molecule has 0 atom stereocenters. The minimum atomic E-state index is -0.0205. The molecule has 0 bridgehead atoms. The van der Waals surface area contributed by atoms with Crippen molar-refractivity contribution in [2.24, 2.45) is 5.92 Å². The van der Waals surface area contributed by atoms with E-state index < -0.39 is 0 Å². The van der Waals surface area contributed by atoms with E-state index in [1.54, 1.807) is 0 Å². The van der Waals surface area contributed by atoms with Crippen molar-refractivity contribution >= 4 is 23.4 Å². The van der Waals surface area contributed by atoms with E-state index in [1.807, 2.05) is 30.3 Å². The number of amides is 1. The number of benzene rings is 1. The highest BCUT2D eigenvalue weighted by molar-refractivity contribution is 7.99. The number of carbonyl (C=O) groups is 1. The van der Waals surface area contributed by atoms with Gasteiger partial charge in [0.15, 0.2) is 5.16 Å². The molecule has 1 heterocycles. The summed E-state index contributed by atoms with van der Waals surface area (Å²) in [5.41, 5.74) is 2.03. The molecule has 1 aromatic heterocycles. The molecule has 0 unspecified atom stereocenters. The zero-order valence-corrected chi connectivity index (χ0v) is 17.5. The third kappa shape index (κ3) is 5.47. The molecule has 1 amide bonds. The van der Waals surface area contributed by atoms with E-state index in [2.05, 4.69) is 33.6 Å². The minimum Gasteiger partial charge on any atom is -0.325 e. The quantitative estimate of drug-likeness (QED) is 0.483. The number of rotatable bonds is 9. The lowest BCUT2D eigenvalue weighted by Crippen LogP contribution is -2.16. The van der Waals surface area contributed by atoms with Gasteiger partial charge in [0.1, 0.15) is 5.82 Å². The third-order valence-electron chi connectivity index (χ3n) is 5.31. The highest BCUT2D eigenvalue weighted by Gasteiger charge is 2.19. The molecule has 2 aromatic rings. The number of nitrogens with one attached hydrogen (secondary N) is 1. The second kappa shape index (κ2) is 10.5. The van der Waals surface area contributed by atoms with Crippen LogP contribution in [0.5, 0.6) is 0 Å². The molecule has 1 aliphatic carbocycles. The molecule has 6 heteroatoms. The molecular weight excluding hydrogens is 368 g/mol. The molecule has 1 saturated carbocycles. The Balaban J connectivity index is 1.61. The maximum absolute atomic E-state index is 12.4. The fourth-order valence-electron chi connectivity index (χ4n) is 3.81. The average molecular weight is 399 g/mol. The van der Waals surface area contributed by atoms with Gasteiger partial charge in [-0.3, -0.25) is 4.79 Å². The van der Waals surface area contributed by atoms with E-state index in [0.717, 1.165) is 35.1 Å². The van der Waals surface area contributed by atoms with Crippen molar-refractivity contribution in [1.82, 2.24) is 14.8 Å². The van der Waals surface area contributed by atoms with Gasteiger partial charge in [0.25, 0.3) is 0 Å². The highest BCUT2D eigenvalue weighted by atomic mass is 32.2. The van der Waals surface area contributed by atoms with E-state index in [0.29, 0.717) is 18.2 Å². The van der Waals surface area contributed by atoms with Crippen LogP contribution in [0.3, 0.4) is 0 Å². The van der Waals surface area contributed by atoms with Crippen LogP contribution in [0.1, 0.15) is 50.4 Å². The summed E-state index contributed by atoms with van der Waals surface area (Å²) in [6.07, 6.45) is 10.3. The maximum Gasteiger partial charge on any atom is 0.234 e. The van der Waals surface area contributed by atoms with E-state index >= 15 is 0 Å². The summed E-state index contributed by atoms with van der Waals surface area (Å²) in [5, 5.41) is 12.6. The molecule has 0 radical (unpaired) electrons. The van der Waals surface area contributed by atoms with E-state index in [1.165, 1.54) is 43.9 Å². The zero-order chi connectivity index (χ0) is 19.8. The first kappa shape index (κ1) is 20.6.